The maximum Gasteiger partial charge on any atom is 0.134 e. The lowest BCUT2D eigenvalue weighted by atomic mass is 9.97. The minimum atomic E-state index is -0.666. The van der Waals surface area contributed by atoms with Gasteiger partial charge in [-0.1, -0.05) is 17.7 Å². The second-order valence-electron chi connectivity index (χ2n) is 4.40. The quantitative estimate of drug-likeness (QED) is 0.729. The van der Waals surface area contributed by atoms with Crippen molar-refractivity contribution in [3.05, 3.63) is 61.7 Å². The Morgan fingerprint density at radius 2 is 1.81 bits per heavy atom. The summed E-state index contributed by atoms with van der Waals surface area (Å²) in [6, 6.07) is 6.99. The smallest absolute Gasteiger partial charge is 0.134 e. The summed E-state index contributed by atoms with van der Waals surface area (Å²) in [6.45, 7) is 0. The molecule has 0 aliphatic rings. The number of nitrogens with one attached hydrogen (secondary N) is 1. The van der Waals surface area contributed by atoms with Crippen LogP contribution in [0.25, 0.3) is 0 Å². The molecule has 2 nitrogen and oxygen atoms in total. The molecule has 0 saturated carbocycles. The van der Waals surface area contributed by atoms with E-state index in [2.05, 4.69) is 27.9 Å². The molecule has 112 valence electrons. The van der Waals surface area contributed by atoms with Gasteiger partial charge in [0.2, 0.25) is 0 Å². The lowest BCUT2D eigenvalue weighted by molar-refractivity contribution is 0.403. The van der Waals surface area contributed by atoms with Crippen molar-refractivity contribution in [1.82, 2.24) is 5.32 Å². The van der Waals surface area contributed by atoms with Gasteiger partial charge in [0.25, 0.3) is 0 Å². The molecule has 6 heteroatoms. The van der Waals surface area contributed by atoms with E-state index in [1.165, 1.54) is 7.11 Å². The van der Waals surface area contributed by atoms with E-state index >= 15 is 0 Å². The van der Waals surface area contributed by atoms with Crippen LogP contribution in [0, 0.1) is 15.2 Å². The zero-order chi connectivity index (χ0) is 15.6. The molecule has 0 amide bonds. The molecule has 0 fully saturated rings. The monoisotopic (exact) mass is 423 g/mol. The molecule has 1 atom stereocenters. The van der Waals surface area contributed by atoms with Crippen LogP contribution in [0.15, 0.2) is 30.3 Å². The lowest BCUT2D eigenvalue weighted by Gasteiger charge is -2.19. The standard InChI is InChI=1S/C15H13ClF2INO/c1-20-15(8-3-4-13(19)10(16)5-8)14-11(17)6-9(21-2)7-12(14)18/h3-7,15,20H,1-2H3. The van der Waals surface area contributed by atoms with E-state index < -0.39 is 17.7 Å². The molecule has 0 saturated heterocycles. The van der Waals surface area contributed by atoms with Crippen molar-refractivity contribution in [2.75, 3.05) is 14.2 Å². The molecule has 0 aromatic heterocycles. The highest BCUT2D eigenvalue weighted by atomic mass is 127. The molecule has 1 unspecified atom stereocenters. The van der Waals surface area contributed by atoms with Crippen LogP contribution in [0.1, 0.15) is 17.2 Å². The van der Waals surface area contributed by atoms with Gasteiger partial charge in [-0.25, -0.2) is 8.78 Å². The summed E-state index contributed by atoms with van der Waals surface area (Å²) in [5.74, 6) is -1.19. The summed E-state index contributed by atoms with van der Waals surface area (Å²) >= 11 is 8.18. The molecule has 0 aliphatic heterocycles. The van der Waals surface area contributed by atoms with Crippen molar-refractivity contribution in [1.29, 1.82) is 0 Å². The largest absolute Gasteiger partial charge is 0.497 e. The Balaban J connectivity index is 2.53. The van der Waals surface area contributed by atoms with Crippen molar-refractivity contribution in [3.8, 4) is 5.75 Å². The van der Waals surface area contributed by atoms with Gasteiger partial charge in [0.1, 0.15) is 17.4 Å². The van der Waals surface area contributed by atoms with Crippen molar-refractivity contribution >= 4 is 34.2 Å². The topological polar surface area (TPSA) is 21.3 Å². The van der Waals surface area contributed by atoms with Gasteiger partial charge in [0.15, 0.2) is 0 Å². The molecule has 0 bridgehead atoms. The third-order valence-corrected chi connectivity index (χ3v) is 4.71. The van der Waals surface area contributed by atoms with E-state index in [1.54, 1.807) is 19.2 Å². The predicted molar refractivity (Wildman–Crippen MR) is 88.0 cm³/mol. The average Bonchev–Trinajstić information content (AvgIpc) is 2.45. The molecule has 1 N–H and O–H groups in total. The van der Waals surface area contributed by atoms with Crippen LogP contribution in [0.2, 0.25) is 5.02 Å². The van der Waals surface area contributed by atoms with Gasteiger partial charge in [-0.2, -0.15) is 0 Å². The van der Waals surface area contributed by atoms with Crippen LogP contribution in [-0.2, 0) is 0 Å². The Kier molecular flexibility index (Phi) is 5.40. The van der Waals surface area contributed by atoms with Gasteiger partial charge in [-0.3, -0.25) is 0 Å². The molecule has 0 heterocycles. The number of rotatable bonds is 4. The zero-order valence-electron chi connectivity index (χ0n) is 11.4. The van der Waals surface area contributed by atoms with Gasteiger partial charge in [0.05, 0.1) is 18.2 Å². The van der Waals surface area contributed by atoms with Gasteiger partial charge >= 0.3 is 0 Å². The summed E-state index contributed by atoms with van der Waals surface area (Å²) in [7, 11) is 3.00. The van der Waals surface area contributed by atoms with Crippen LogP contribution >= 0.6 is 34.2 Å². The average molecular weight is 424 g/mol. The molecule has 0 radical (unpaired) electrons. The number of benzene rings is 2. The fraction of sp³-hybridized carbons (Fsp3) is 0.200. The number of hydrogen-bond donors (Lipinski definition) is 1. The van der Waals surface area contributed by atoms with Gasteiger partial charge in [0, 0.05) is 21.3 Å². The lowest BCUT2D eigenvalue weighted by Crippen LogP contribution is -2.20. The summed E-state index contributed by atoms with van der Waals surface area (Å²) in [4.78, 5) is 0. The highest BCUT2D eigenvalue weighted by Gasteiger charge is 2.22. The fourth-order valence-electron chi connectivity index (χ4n) is 2.12. The molecule has 0 aliphatic carbocycles. The number of methoxy groups -OCH3 is 1. The third-order valence-electron chi connectivity index (χ3n) is 3.14. The first-order valence-electron chi connectivity index (χ1n) is 6.13. The SMILES string of the molecule is CNC(c1ccc(I)c(Cl)c1)c1c(F)cc(OC)cc1F. The third kappa shape index (κ3) is 3.46. The summed E-state index contributed by atoms with van der Waals surface area (Å²) in [5.41, 5.74) is 0.626. The first-order chi connectivity index (χ1) is 9.97. The number of halogens is 4. The normalized spacial score (nSPS) is 12.3. The first-order valence-corrected chi connectivity index (χ1v) is 7.58. The maximum atomic E-state index is 14.2. The van der Waals surface area contributed by atoms with Crippen LogP contribution in [-0.4, -0.2) is 14.2 Å². The van der Waals surface area contributed by atoms with E-state index in [9.17, 15) is 8.78 Å². The highest BCUT2D eigenvalue weighted by Crippen LogP contribution is 2.32. The van der Waals surface area contributed by atoms with Crippen molar-refractivity contribution < 1.29 is 13.5 Å². The van der Waals surface area contributed by atoms with E-state index in [0.717, 1.165) is 15.7 Å². The molecule has 2 rings (SSSR count). The second-order valence-corrected chi connectivity index (χ2v) is 5.97. The van der Waals surface area contributed by atoms with Crippen LogP contribution in [0.5, 0.6) is 5.75 Å². The van der Waals surface area contributed by atoms with Gasteiger partial charge in [-0.05, 0) is 47.3 Å². The minimum Gasteiger partial charge on any atom is -0.497 e. The van der Waals surface area contributed by atoms with E-state index in [1.807, 2.05) is 6.07 Å². The van der Waals surface area contributed by atoms with Crippen LogP contribution in [0.4, 0.5) is 8.78 Å². The Morgan fingerprint density at radius 1 is 1.19 bits per heavy atom. The molecular weight excluding hydrogens is 411 g/mol. The van der Waals surface area contributed by atoms with E-state index in [0.29, 0.717) is 10.6 Å². The zero-order valence-corrected chi connectivity index (χ0v) is 14.3. The maximum absolute atomic E-state index is 14.2. The molecule has 2 aromatic rings. The summed E-state index contributed by atoms with van der Waals surface area (Å²) in [6.07, 6.45) is 0. The molecule has 2 aromatic carbocycles. The Bertz CT molecular complexity index is 643. The number of hydrogen-bond acceptors (Lipinski definition) is 2. The van der Waals surface area contributed by atoms with Crippen molar-refractivity contribution in [2.45, 2.75) is 6.04 Å². The van der Waals surface area contributed by atoms with Crippen molar-refractivity contribution in [3.63, 3.8) is 0 Å². The second kappa shape index (κ2) is 6.89. The number of ether oxygens (including phenoxy) is 1. The predicted octanol–water partition coefficient (Wildman–Crippen LogP) is 4.54. The first kappa shape index (κ1) is 16.5. The van der Waals surface area contributed by atoms with E-state index in [4.69, 9.17) is 16.3 Å². The minimum absolute atomic E-state index is 0.0597. The summed E-state index contributed by atoms with van der Waals surface area (Å²) in [5, 5.41) is 3.46. The fourth-order valence-corrected chi connectivity index (χ4v) is 2.65. The van der Waals surface area contributed by atoms with E-state index in [-0.39, 0.29) is 11.3 Å². The van der Waals surface area contributed by atoms with Gasteiger partial charge in [-0.15, -0.1) is 0 Å². The summed E-state index contributed by atoms with van der Waals surface area (Å²) < 4.78 is 34.2. The van der Waals surface area contributed by atoms with Gasteiger partial charge < -0.3 is 10.1 Å². The molecule has 21 heavy (non-hydrogen) atoms. The van der Waals surface area contributed by atoms with Crippen LogP contribution < -0.4 is 10.1 Å². The van der Waals surface area contributed by atoms with Crippen LogP contribution in [0.3, 0.4) is 0 Å². The molecular formula is C15H13ClF2INO. The van der Waals surface area contributed by atoms with Crippen molar-refractivity contribution in [2.24, 2.45) is 0 Å². The Labute approximate surface area is 140 Å². The Hall–Kier alpha value is -0.920. The molecule has 0 spiro atoms. The highest BCUT2D eigenvalue weighted by molar-refractivity contribution is 14.1. The Morgan fingerprint density at radius 3 is 2.29 bits per heavy atom.